The number of rotatable bonds is 10. The number of ether oxygens (including phenoxy) is 1. The summed E-state index contributed by atoms with van der Waals surface area (Å²) in [5, 5.41) is 5.51. The molecule has 6 nitrogen and oxygen atoms in total. The van der Waals surface area contributed by atoms with Crippen molar-refractivity contribution in [3.63, 3.8) is 0 Å². The summed E-state index contributed by atoms with van der Waals surface area (Å²) in [4.78, 5) is 23.6. The summed E-state index contributed by atoms with van der Waals surface area (Å²) in [6.45, 7) is 7.86. The van der Waals surface area contributed by atoms with E-state index in [1.54, 1.807) is 0 Å². The van der Waals surface area contributed by atoms with Crippen LogP contribution < -0.4 is 16.4 Å². The topological polar surface area (TPSA) is 93.5 Å². The molecule has 7 heteroatoms. The van der Waals surface area contributed by atoms with E-state index in [9.17, 15) is 9.59 Å². The van der Waals surface area contributed by atoms with Crippen molar-refractivity contribution < 1.29 is 14.3 Å². The standard InChI is InChI=1S/C16H31N3O3.ClH/c1-4-22-9-8-16(6-5-7-16)11-19-13(20)10-18-15(21)14(17)12(2)3;/h12,14H,4-11,17H2,1-3H3,(H,18,21)(H,19,20);1H/t14-;/m0./s1. The highest BCUT2D eigenvalue weighted by molar-refractivity contribution is 5.87. The van der Waals surface area contributed by atoms with Gasteiger partial charge in [-0.3, -0.25) is 9.59 Å². The maximum Gasteiger partial charge on any atom is 0.239 e. The van der Waals surface area contributed by atoms with E-state index in [0.29, 0.717) is 6.54 Å². The quantitative estimate of drug-likeness (QED) is 0.517. The fourth-order valence-electron chi connectivity index (χ4n) is 2.56. The van der Waals surface area contributed by atoms with Crippen LogP contribution in [0.25, 0.3) is 0 Å². The van der Waals surface area contributed by atoms with E-state index in [-0.39, 0.29) is 42.1 Å². The average Bonchev–Trinajstić information content (AvgIpc) is 2.45. The van der Waals surface area contributed by atoms with Crippen LogP contribution >= 0.6 is 12.4 Å². The van der Waals surface area contributed by atoms with Gasteiger partial charge in [-0.15, -0.1) is 12.4 Å². The van der Waals surface area contributed by atoms with Crippen LogP contribution in [0.1, 0.15) is 46.5 Å². The summed E-state index contributed by atoms with van der Waals surface area (Å²) >= 11 is 0. The molecule has 23 heavy (non-hydrogen) atoms. The minimum atomic E-state index is -0.572. The number of amides is 2. The molecule has 2 amide bonds. The summed E-state index contributed by atoms with van der Waals surface area (Å²) in [6.07, 6.45) is 4.45. The zero-order valence-corrected chi connectivity index (χ0v) is 15.3. The van der Waals surface area contributed by atoms with E-state index in [2.05, 4.69) is 10.6 Å². The van der Waals surface area contributed by atoms with Crippen molar-refractivity contribution >= 4 is 24.2 Å². The lowest BCUT2D eigenvalue weighted by Gasteiger charge is -2.42. The highest BCUT2D eigenvalue weighted by Gasteiger charge is 2.36. The number of hydrogen-bond donors (Lipinski definition) is 3. The van der Waals surface area contributed by atoms with Gasteiger partial charge in [0.2, 0.25) is 11.8 Å². The Bertz CT molecular complexity index is 374. The van der Waals surface area contributed by atoms with Gasteiger partial charge in [0.1, 0.15) is 0 Å². The normalized spacial score (nSPS) is 16.9. The van der Waals surface area contributed by atoms with Crippen LogP contribution in [-0.2, 0) is 14.3 Å². The number of halogens is 1. The minimum absolute atomic E-state index is 0. The monoisotopic (exact) mass is 349 g/mol. The zero-order valence-electron chi connectivity index (χ0n) is 14.5. The molecule has 0 radical (unpaired) electrons. The van der Waals surface area contributed by atoms with E-state index in [0.717, 1.165) is 32.5 Å². The fourth-order valence-corrected chi connectivity index (χ4v) is 2.56. The number of nitrogens with one attached hydrogen (secondary N) is 2. The van der Waals surface area contributed by atoms with Crippen molar-refractivity contribution in [1.82, 2.24) is 10.6 Å². The summed E-state index contributed by atoms with van der Waals surface area (Å²) in [6, 6.07) is -0.572. The van der Waals surface area contributed by atoms with Crippen molar-refractivity contribution in [2.24, 2.45) is 17.1 Å². The summed E-state index contributed by atoms with van der Waals surface area (Å²) in [7, 11) is 0. The number of carbonyl (C=O) groups excluding carboxylic acids is 2. The maximum atomic E-state index is 11.9. The van der Waals surface area contributed by atoms with Crippen LogP contribution in [0.2, 0.25) is 0 Å². The second-order valence-electron chi connectivity index (χ2n) is 6.56. The lowest BCUT2D eigenvalue weighted by Crippen LogP contribution is -2.49. The van der Waals surface area contributed by atoms with Crippen LogP contribution in [0.4, 0.5) is 0 Å². The van der Waals surface area contributed by atoms with Gasteiger partial charge in [0, 0.05) is 19.8 Å². The van der Waals surface area contributed by atoms with Gasteiger partial charge in [0.25, 0.3) is 0 Å². The summed E-state index contributed by atoms with van der Waals surface area (Å²) < 4.78 is 5.42. The first kappa shape index (κ1) is 22.1. The highest BCUT2D eigenvalue weighted by atomic mass is 35.5. The Hall–Kier alpha value is -0.850. The molecular formula is C16H32ClN3O3. The summed E-state index contributed by atoms with van der Waals surface area (Å²) in [5.74, 6) is -0.383. The lowest BCUT2D eigenvalue weighted by molar-refractivity contribution is -0.127. The molecule has 0 heterocycles. The molecular weight excluding hydrogens is 318 g/mol. The number of hydrogen-bond acceptors (Lipinski definition) is 4. The van der Waals surface area contributed by atoms with Gasteiger partial charge >= 0.3 is 0 Å². The molecule has 1 aliphatic carbocycles. The molecule has 0 aromatic carbocycles. The van der Waals surface area contributed by atoms with Crippen LogP contribution in [0, 0.1) is 11.3 Å². The van der Waals surface area contributed by atoms with Gasteiger partial charge in [0.15, 0.2) is 0 Å². The Morgan fingerprint density at radius 2 is 1.91 bits per heavy atom. The Morgan fingerprint density at radius 1 is 1.26 bits per heavy atom. The molecule has 1 atom stereocenters. The number of nitrogens with two attached hydrogens (primary N) is 1. The SMILES string of the molecule is CCOCCC1(CNC(=O)CNC(=O)[C@@H](N)C(C)C)CCC1.Cl. The van der Waals surface area contributed by atoms with Crippen molar-refractivity contribution in [2.75, 3.05) is 26.3 Å². The van der Waals surface area contributed by atoms with Gasteiger partial charge in [-0.2, -0.15) is 0 Å². The van der Waals surface area contributed by atoms with E-state index < -0.39 is 6.04 Å². The third-order valence-electron chi connectivity index (χ3n) is 4.50. The fraction of sp³-hybridized carbons (Fsp3) is 0.875. The first-order chi connectivity index (χ1) is 10.4. The Labute approximate surface area is 145 Å². The molecule has 0 saturated heterocycles. The third kappa shape index (κ3) is 7.50. The molecule has 0 spiro atoms. The van der Waals surface area contributed by atoms with Crippen LogP contribution in [0.15, 0.2) is 0 Å². The maximum absolute atomic E-state index is 11.9. The molecule has 0 unspecified atom stereocenters. The first-order valence-corrected chi connectivity index (χ1v) is 8.28. The predicted molar refractivity (Wildman–Crippen MR) is 93.5 cm³/mol. The van der Waals surface area contributed by atoms with Crippen molar-refractivity contribution in [3.8, 4) is 0 Å². The second kappa shape index (κ2) is 10.8. The summed E-state index contributed by atoms with van der Waals surface area (Å²) in [5.41, 5.74) is 5.91. The molecule has 4 N–H and O–H groups in total. The molecule has 0 aliphatic heterocycles. The number of carbonyl (C=O) groups is 2. The molecule has 1 rings (SSSR count). The van der Waals surface area contributed by atoms with Gasteiger partial charge in [0.05, 0.1) is 12.6 Å². The van der Waals surface area contributed by atoms with Gasteiger partial charge in [-0.05, 0) is 37.5 Å². The minimum Gasteiger partial charge on any atom is -0.382 e. The van der Waals surface area contributed by atoms with Crippen molar-refractivity contribution in [1.29, 1.82) is 0 Å². The van der Waals surface area contributed by atoms with Gasteiger partial charge < -0.3 is 21.1 Å². The second-order valence-corrected chi connectivity index (χ2v) is 6.56. The molecule has 136 valence electrons. The highest BCUT2D eigenvalue weighted by Crippen LogP contribution is 2.43. The van der Waals surface area contributed by atoms with E-state index >= 15 is 0 Å². The molecule has 0 aromatic heterocycles. The predicted octanol–water partition coefficient (Wildman–Crippen LogP) is 1.22. The van der Waals surface area contributed by atoms with Crippen LogP contribution in [0.5, 0.6) is 0 Å². The van der Waals surface area contributed by atoms with E-state index in [1.807, 2.05) is 20.8 Å². The third-order valence-corrected chi connectivity index (χ3v) is 4.50. The van der Waals surface area contributed by atoms with Gasteiger partial charge in [-0.25, -0.2) is 0 Å². The Kier molecular flexibility index (Phi) is 10.4. The first-order valence-electron chi connectivity index (χ1n) is 8.28. The van der Waals surface area contributed by atoms with Crippen LogP contribution in [-0.4, -0.2) is 44.2 Å². The van der Waals surface area contributed by atoms with E-state index in [1.165, 1.54) is 6.42 Å². The van der Waals surface area contributed by atoms with Crippen LogP contribution in [0.3, 0.4) is 0 Å². The molecule has 1 saturated carbocycles. The van der Waals surface area contributed by atoms with Crippen molar-refractivity contribution in [2.45, 2.75) is 52.5 Å². The molecule has 0 aromatic rings. The van der Waals surface area contributed by atoms with Crippen molar-refractivity contribution in [3.05, 3.63) is 0 Å². The molecule has 0 bridgehead atoms. The van der Waals surface area contributed by atoms with E-state index in [4.69, 9.17) is 10.5 Å². The average molecular weight is 350 g/mol. The zero-order chi connectivity index (χ0) is 16.6. The molecule has 1 aliphatic rings. The van der Waals surface area contributed by atoms with Gasteiger partial charge in [-0.1, -0.05) is 20.3 Å². The Balaban J connectivity index is 0.00000484. The smallest absolute Gasteiger partial charge is 0.239 e. The lowest BCUT2D eigenvalue weighted by atomic mass is 9.67. The molecule has 1 fully saturated rings. The Morgan fingerprint density at radius 3 is 2.39 bits per heavy atom. The largest absolute Gasteiger partial charge is 0.382 e.